The van der Waals surface area contributed by atoms with Crippen LogP contribution < -0.4 is 5.32 Å². The van der Waals surface area contributed by atoms with Crippen LogP contribution in [-0.4, -0.2) is 41.2 Å². The summed E-state index contributed by atoms with van der Waals surface area (Å²) in [5.41, 5.74) is 2.21. The SMILES string of the molecule is CC.CC(C)(C)OC(=O)N1CCC2(CC1)CNc1cnccc12. The van der Waals surface area contributed by atoms with E-state index in [1.165, 1.54) is 5.56 Å². The monoisotopic (exact) mass is 319 g/mol. The minimum Gasteiger partial charge on any atom is -0.444 e. The number of amides is 1. The van der Waals surface area contributed by atoms with E-state index in [2.05, 4.69) is 16.4 Å². The number of ether oxygens (including phenoxy) is 1. The van der Waals surface area contributed by atoms with Gasteiger partial charge in [-0.1, -0.05) is 13.8 Å². The molecular weight excluding hydrogens is 290 g/mol. The van der Waals surface area contributed by atoms with Gasteiger partial charge in [0.25, 0.3) is 0 Å². The van der Waals surface area contributed by atoms with Crippen molar-refractivity contribution < 1.29 is 9.53 Å². The second-order valence-electron chi connectivity index (χ2n) is 7.02. The van der Waals surface area contributed by atoms with Crippen LogP contribution in [0.4, 0.5) is 10.5 Å². The summed E-state index contributed by atoms with van der Waals surface area (Å²) >= 11 is 0. The van der Waals surface area contributed by atoms with Gasteiger partial charge < -0.3 is 15.0 Å². The number of carbonyl (C=O) groups is 1. The molecule has 3 rings (SSSR count). The predicted molar refractivity (Wildman–Crippen MR) is 92.8 cm³/mol. The van der Waals surface area contributed by atoms with Crippen molar-refractivity contribution in [2.75, 3.05) is 25.0 Å². The van der Waals surface area contributed by atoms with E-state index < -0.39 is 5.60 Å². The van der Waals surface area contributed by atoms with Crippen molar-refractivity contribution in [3.8, 4) is 0 Å². The fourth-order valence-electron chi connectivity index (χ4n) is 3.25. The fraction of sp³-hybridized carbons (Fsp3) is 0.667. The number of anilines is 1. The van der Waals surface area contributed by atoms with E-state index in [0.717, 1.165) is 38.2 Å². The number of rotatable bonds is 0. The third kappa shape index (κ3) is 3.77. The van der Waals surface area contributed by atoms with Crippen molar-refractivity contribution in [1.82, 2.24) is 9.88 Å². The number of hydrogen-bond donors (Lipinski definition) is 1. The van der Waals surface area contributed by atoms with Gasteiger partial charge in [0.2, 0.25) is 0 Å². The molecule has 0 aromatic carbocycles. The van der Waals surface area contributed by atoms with Gasteiger partial charge in [-0.15, -0.1) is 0 Å². The summed E-state index contributed by atoms with van der Waals surface area (Å²) in [6.45, 7) is 12.1. The number of pyridine rings is 1. The highest BCUT2D eigenvalue weighted by molar-refractivity contribution is 5.68. The lowest BCUT2D eigenvalue weighted by molar-refractivity contribution is 0.0172. The number of carbonyl (C=O) groups excluding carboxylic acids is 1. The number of piperidine rings is 1. The molecule has 23 heavy (non-hydrogen) atoms. The van der Waals surface area contributed by atoms with E-state index in [1.807, 2.05) is 51.9 Å². The molecule has 0 bridgehead atoms. The first-order valence-corrected chi connectivity index (χ1v) is 8.56. The molecule has 128 valence electrons. The second-order valence-corrected chi connectivity index (χ2v) is 7.02. The quantitative estimate of drug-likeness (QED) is 0.790. The summed E-state index contributed by atoms with van der Waals surface area (Å²) in [6, 6.07) is 2.11. The summed E-state index contributed by atoms with van der Waals surface area (Å²) in [7, 11) is 0. The van der Waals surface area contributed by atoms with E-state index in [9.17, 15) is 4.79 Å². The Morgan fingerprint density at radius 3 is 2.57 bits per heavy atom. The van der Waals surface area contributed by atoms with Crippen LogP contribution in [0.3, 0.4) is 0 Å². The molecule has 3 heterocycles. The van der Waals surface area contributed by atoms with Crippen LogP contribution >= 0.6 is 0 Å². The first-order chi connectivity index (χ1) is 10.9. The van der Waals surface area contributed by atoms with Gasteiger partial charge in [0.05, 0.1) is 11.9 Å². The number of nitrogens with zero attached hydrogens (tertiary/aromatic N) is 2. The highest BCUT2D eigenvalue weighted by atomic mass is 16.6. The van der Waals surface area contributed by atoms with E-state index in [-0.39, 0.29) is 11.5 Å². The molecule has 1 aromatic heterocycles. The fourth-order valence-corrected chi connectivity index (χ4v) is 3.25. The Balaban J connectivity index is 0.000000924. The van der Waals surface area contributed by atoms with Gasteiger partial charge in [-0.3, -0.25) is 4.98 Å². The molecule has 0 atom stereocenters. The molecule has 1 fully saturated rings. The minimum atomic E-state index is -0.431. The molecule has 1 spiro atoms. The molecule has 1 amide bonds. The Bertz CT molecular complexity index is 543. The molecule has 0 saturated carbocycles. The van der Waals surface area contributed by atoms with Gasteiger partial charge in [-0.05, 0) is 45.2 Å². The third-order valence-corrected chi connectivity index (χ3v) is 4.38. The standard InChI is InChI=1S/C16H23N3O2.C2H6/c1-15(2,3)21-14(20)19-8-5-16(6-9-19)11-18-13-10-17-7-4-12(13)16;1-2/h4,7,10,18H,5-6,8-9,11H2,1-3H3;1-2H3. The molecule has 1 N–H and O–H groups in total. The average molecular weight is 319 g/mol. The maximum Gasteiger partial charge on any atom is 0.410 e. The summed E-state index contributed by atoms with van der Waals surface area (Å²) in [5.74, 6) is 0. The molecule has 0 aliphatic carbocycles. The Morgan fingerprint density at radius 2 is 1.96 bits per heavy atom. The first kappa shape index (κ1) is 17.6. The molecule has 5 heteroatoms. The lowest BCUT2D eigenvalue weighted by atomic mass is 9.74. The van der Waals surface area contributed by atoms with Gasteiger partial charge >= 0.3 is 6.09 Å². The minimum absolute atomic E-state index is 0.150. The summed E-state index contributed by atoms with van der Waals surface area (Å²) < 4.78 is 5.46. The van der Waals surface area contributed by atoms with Gasteiger partial charge in [-0.2, -0.15) is 0 Å². The van der Waals surface area contributed by atoms with E-state index in [1.54, 1.807) is 0 Å². The zero-order chi connectivity index (χ0) is 17.1. The van der Waals surface area contributed by atoms with E-state index in [0.29, 0.717) is 0 Å². The van der Waals surface area contributed by atoms with Crippen LogP contribution in [0.5, 0.6) is 0 Å². The van der Waals surface area contributed by atoms with Crippen molar-refractivity contribution in [1.29, 1.82) is 0 Å². The highest BCUT2D eigenvalue weighted by Gasteiger charge is 2.42. The van der Waals surface area contributed by atoms with Crippen LogP contribution in [0.25, 0.3) is 0 Å². The van der Waals surface area contributed by atoms with Crippen LogP contribution in [0.1, 0.15) is 53.0 Å². The van der Waals surface area contributed by atoms with Crippen molar-refractivity contribution in [2.45, 2.75) is 58.5 Å². The maximum atomic E-state index is 12.1. The number of nitrogens with one attached hydrogen (secondary N) is 1. The number of fused-ring (bicyclic) bond motifs is 2. The second kappa shape index (κ2) is 6.77. The van der Waals surface area contributed by atoms with Crippen molar-refractivity contribution in [2.24, 2.45) is 0 Å². The largest absolute Gasteiger partial charge is 0.444 e. The topological polar surface area (TPSA) is 54.5 Å². The molecule has 5 nitrogen and oxygen atoms in total. The van der Waals surface area contributed by atoms with Crippen molar-refractivity contribution >= 4 is 11.8 Å². The average Bonchev–Trinajstić information content (AvgIpc) is 2.88. The molecule has 2 aliphatic heterocycles. The van der Waals surface area contributed by atoms with Crippen LogP contribution in [-0.2, 0) is 10.2 Å². The van der Waals surface area contributed by atoms with Gasteiger partial charge in [0.1, 0.15) is 5.60 Å². The Morgan fingerprint density at radius 1 is 1.30 bits per heavy atom. The maximum absolute atomic E-state index is 12.1. The van der Waals surface area contributed by atoms with Crippen LogP contribution in [0, 0.1) is 0 Å². The Hall–Kier alpha value is -1.78. The van der Waals surface area contributed by atoms with E-state index in [4.69, 9.17) is 4.74 Å². The number of aromatic nitrogens is 1. The lowest BCUT2D eigenvalue weighted by Crippen LogP contribution is -2.47. The molecule has 0 radical (unpaired) electrons. The van der Waals surface area contributed by atoms with Crippen LogP contribution in [0.15, 0.2) is 18.5 Å². The van der Waals surface area contributed by atoms with Crippen LogP contribution in [0.2, 0.25) is 0 Å². The number of hydrogen-bond acceptors (Lipinski definition) is 4. The number of likely N-dealkylation sites (tertiary alicyclic amines) is 1. The lowest BCUT2D eigenvalue weighted by Gasteiger charge is -2.39. The normalized spacial score (nSPS) is 18.6. The summed E-state index contributed by atoms with van der Waals surface area (Å²) in [4.78, 5) is 18.1. The molecule has 1 aromatic rings. The summed E-state index contributed by atoms with van der Waals surface area (Å²) in [5, 5.41) is 3.45. The van der Waals surface area contributed by atoms with Gasteiger partial charge in [0, 0.05) is 31.2 Å². The Kier molecular flexibility index (Phi) is 5.17. The smallest absolute Gasteiger partial charge is 0.410 e. The third-order valence-electron chi connectivity index (χ3n) is 4.38. The molecule has 0 unspecified atom stereocenters. The Labute approximate surface area is 139 Å². The zero-order valence-electron chi connectivity index (χ0n) is 15.0. The van der Waals surface area contributed by atoms with Gasteiger partial charge in [0.15, 0.2) is 0 Å². The molecule has 1 saturated heterocycles. The van der Waals surface area contributed by atoms with Crippen molar-refractivity contribution in [3.63, 3.8) is 0 Å². The van der Waals surface area contributed by atoms with Crippen molar-refractivity contribution in [3.05, 3.63) is 24.0 Å². The van der Waals surface area contributed by atoms with E-state index >= 15 is 0 Å². The zero-order valence-corrected chi connectivity index (χ0v) is 15.0. The van der Waals surface area contributed by atoms with Gasteiger partial charge in [-0.25, -0.2) is 4.79 Å². The predicted octanol–water partition coefficient (Wildman–Crippen LogP) is 3.80. The first-order valence-electron chi connectivity index (χ1n) is 8.56. The molecule has 2 aliphatic rings. The highest BCUT2D eigenvalue weighted by Crippen LogP contribution is 2.43. The molecular formula is C18H29N3O2. The summed E-state index contributed by atoms with van der Waals surface area (Å²) in [6.07, 6.45) is 5.49.